The van der Waals surface area contributed by atoms with Gasteiger partial charge in [0.15, 0.2) is 5.75 Å². The van der Waals surface area contributed by atoms with Crippen molar-refractivity contribution in [3.63, 3.8) is 0 Å². The fourth-order valence-corrected chi connectivity index (χ4v) is 6.67. The first kappa shape index (κ1) is 27.2. The molecule has 0 unspecified atom stereocenters. The Labute approximate surface area is 243 Å². The minimum Gasteiger partial charge on any atom is -0.481 e. The molecule has 2 aromatic heterocycles. The van der Waals surface area contributed by atoms with E-state index in [1.54, 1.807) is 18.5 Å². The summed E-state index contributed by atoms with van der Waals surface area (Å²) in [4.78, 5) is 32.1. The Balaban J connectivity index is 1.21. The van der Waals surface area contributed by atoms with Crippen molar-refractivity contribution in [3.8, 4) is 22.9 Å². The molecule has 2 atom stereocenters. The Hall–Kier alpha value is -2.98. The highest BCUT2D eigenvalue weighted by Gasteiger charge is 2.42. The van der Waals surface area contributed by atoms with Crippen LogP contribution in [0.3, 0.4) is 0 Å². The number of anilines is 1. The quantitative estimate of drug-likeness (QED) is 0.383. The molecule has 3 fully saturated rings. The van der Waals surface area contributed by atoms with E-state index in [1.807, 2.05) is 24.3 Å². The number of hydrogen-bond acceptors (Lipinski definition) is 8. The number of benzene rings is 1. The fraction of sp³-hybridized carbons (Fsp3) is 0.448. The first-order chi connectivity index (χ1) is 19.3. The van der Waals surface area contributed by atoms with E-state index in [4.69, 9.17) is 38.0 Å². The molecule has 5 heterocycles. The number of carboxylic acid groups (broad SMARTS) is 1. The number of rotatable bonds is 8. The highest BCUT2D eigenvalue weighted by Crippen LogP contribution is 2.33. The third kappa shape index (κ3) is 6.17. The molecule has 3 aliphatic rings. The van der Waals surface area contributed by atoms with E-state index in [1.165, 1.54) is 0 Å². The van der Waals surface area contributed by atoms with Gasteiger partial charge in [0.2, 0.25) is 11.8 Å². The van der Waals surface area contributed by atoms with Crippen LogP contribution in [0.1, 0.15) is 31.2 Å². The number of halogens is 2. The minimum absolute atomic E-state index is 0.230. The van der Waals surface area contributed by atoms with E-state index in [0.717, 1.165) is 62.5 Å². The molecular formula is C29H32Cl2N6O3. The lowest BCUT2D eigenvalue weighted by molar-refractivity contribution is -0.138. The van der Waals surface area contributed by atoms with Gasteiger partial charge in [0.1, 0.15) is 0 Å². The van der Waals surface area contributed by atoms with Gasteiger partial charge in [-0.1, -0.05) is 23.2 Å². The molecule has 0 radical (unpaired) electrons. The lowest BCUT2D eigenvalue weighted by Crippen LogP contribution is -2.45. The summed E-state index contributed by atoms with van der Waals surface area (Å²) in [6.07, 6.45) is 6.54. The second-order valence-corrected chi connectivity index (χ2v) is 12.0. The van der Waals surface area contributed by atoms with Gasteiger partial charge in [-0.2, -0.15) is 0 Å². The maximum absolute atomic E-state index is 11.1. The number of nitrogens with zero attached hydrogens (tertiary/aromatic N) is 6. The van der Waals surface area contributed by atoms with E-state index in [-0.39, 0.29) is 12.3 Å². The minimum atomic E-state index is -0.725. The summed E-state index contributed by atoms with van der Waals surface area (Å²) >= 11 is 12.6. The maximum Gasteiger partial charge on any atom is 0.303 e. The number of likely N-dealkylation sites (tertiary alicyclic amines) is 2. The molecule has 0 aliphatic carbocycles. The zero-order valence-electron chi connectivity index (χ0n) is 22.3. The zero-order valence-corrected chi connectivity index (χ0v) is 23.9. The first-order valence-electron chi connectivity index (χ1n) is 13.7. The van der Waals surface area contributed by atoms with Crippen molar-refractivity contribution in [1.29, 1.82) is 0 Å². The molecule has 0 saturated carbocycles. The Morgan fingerprint density at radius 1 is 1.02 bits per heavy atom. The Kier molecular flexibility index (Phi) is 7.81. The summed E-state index contributed by atoms with van der Waals surface area (Å²) in [6, 6.07) is 10.3. The van der Waals surface area contributed by atoms with Crippen LogP contribution < -0.4 is 9.64 Å². The van der Waals surface area contributed by atoms with Crippen LogP contribution in [0.5, 0.6) is 11.6 Å². The normalized spacial score (nSPS) is 21.7. The summed E-state index contributed by atoms with van der Waals surface area (Å²) in [5.41, 5.74) is 2.53. The monoisotopic (exact) mass is 582 g/mol. The third-order valence-corrected chi connectivity index (χ3v) is 8.64. The Morgan fingerprint density at radius 3 is 2.38 bits per heavy atom. The Morgan fingerprint density at radius 2 is 1.75 bits per heavy atom. The molecule has 0 spiro atoms. The second-order valence-electron chi connectivity index (χ2n) is 11.1. The molecule has 40 heavy (non-hydrogen) atoms. The van der Waals surface area contributed by atoms with E-state index >= 15 is 0 Å². The number of piperazine rings is 1. The number of hydrogen-bond donors (Lipinski definition) is 1. The number of pyridine rings is 1. The van der Waals surface area contributed by atoms with Gasteiger partial charge in [0.05, 0.1) is 18.1 Å². The molecule has 3 aromatic rings. The molecular weight excluding hydrogens is 551 g/mol. The van der Waals surface area contributed by atoms with Gasteiger partial charge in [0, 0.05) is 59.8 Å². The summed E-state index contributed by atoms with van der Waals surface area (Å²) in [5.74, 6) is 1.18. The highest BCUT2D eigenvalue weighted by atomic mass is 35.5. The molecule has 210 valence electrons. The molecule has 11 heteroatoms. The smallest absolute Gasteiger partial charge is 0.303 e. The first-order valence-corrected chi connectivity index (χ1v) is 14.4. The number of carbonyl (C=O) groups is 1. The van der Waals surface area contributed by atoms with Gasteiger partial charge >= 0.3 is 5.97 Å². The van der Waals surface area contributed by atoms with Crippen molar-refractivity contribution in [2.24, 2.45) is 5.92 Å². The number of likely N-dealkylation sites (N-methyl/N-ethyl adjacent to an activating group) is 1. The summed E-state index contributed by atoms with van der Waals surface area (Å²) in [6.45, 7) is 4.37. The van der Waals surface area contributed by atoms with Crippen molar-refractivity contribution in [2.45, 2.75) is 44.3 Å². The van der Waals surface area contributed by atoms with Gasteiger partial charge < -0.3 is 14.7 Å². The molecule has 6 rings (SSSR count). The van der Waals surface area contributed by atoms with Crippen LogP contribution in [0.25, 0.3) is 11.3 Å². The van der Waals surface area contributed by atoms with Gasteiger partial charge in [-0.25, -0.2) is 15.0 Å². The van der Waals surface area contributed by atoms with Crippen molar-refractivity contribution in [2.75, 3.05) is 38.1 Å². The van der Waals surface area contributed by atoms with Gasteiger partial charge in [-0.05, 0) is 75.1 Å². The fourth-order valence-electron chi connectivity index (χ4n) is 6.15. The van der Waals surface area contributed by atoms with Gasteiger partial charge in [-0.3, -0.25) is 14.6 Å². The largest absolute Gasteiger partial charge is 0.481 e. The topological polar surface area (TPSA) is 94.9 Å². The molecule has 1 N–H and O–H groups in total. The van der Waals surface area contributed by atoms with Crippen LogP contribution in [0.4, 0.5) is 5.95 Å². The number of piperidine rings is 1. The van der Waals surface area contributed by atoms with Gasteiger partial charge in [0.25, 0.3) is 0 Å². The molecule has 3 saturated heterocycles. The molecule has 3 aliphatic heterocycles. The predicted molar refractivity (Wildman–Crippen MR) is 154 cm³/mol. The van der Waals surface area contributed by atoms with Crippen molar-refractivity contribution < 1.29 is 14.6 Å². The van der Waals surface area contributed by atoms with Crippen LogP contribution in [0, 0.1) is 5.92 Å². The molecule has 2 bridgehead atoms. The lowest BCUT2D eigenvalue weighted by atomic mass is 9.93. The van der Waals surface area contributed by atoms with E-state index in [9.17, 15) is 4.79 Å². The van der Waals surface area contributed by atoms with Crippen LogP contribution >= 0.6 is 23.2 Å². The van der Waals surface area contributed by atoms with E-state index in [0.29, 0.717) is 46.0 Å². The van der Waals surface area contributed by atoms with Crippen molar-refractivity contribution in [1.82, 2.24) is 24.8 Å². The highest BCUT2D eigenvalue weighted by molar-refractivity contribution is 6.35. The number of fused-ring (bicyclic) bond motifs is 2. The Bertz CT molecular complexity index is 1360. The zero-order chi connectivity index (χ0) is 27.8. The average Bonchev–Trinajstić information content (AvgIpc) is 3.49. The number of aliphatic carboxylic acids is 1. The summed E-state index contributed by atoms with van der Waals surface area (Å²) in [7, 11) is 2.17. The van der Waals surface area contributed by atoms with E-state index < -0.39 is 5.97 Å². The SMILES string of the molecule is CN1C[C@@H]2C[C@H]1CN2c1ncc(Oc2cc(CN3CCC(CC(=O)O)CC3)cc(-c3cc(Cl)cc(Cl)c3)n2)cn1. The summed E-state index contributed by atoms with van der Waals surface area (Å²) in [5, 5.41) is 10.2. The number of ether oxygens (including phenoxy) is 1. The second kappa shape index (κ2) is 11.5. The number of aromatic nitrogens is 3. The van der Waals surface area contributed by atoms with Crippen molar-refractivity contribution in [3.05, 3.63) is 58.3 Å². The standard InChI is InChI=1S/C29H32Cl2N6O3/c1-35-16-24-12-23(35)17-37(24)29-32-13-25(14-33-29)40-27-7-19(15-36-4-2-18(3-5-36)8-28(38)39)6-26(34-27)20-9-21(30)11-22(31)10-20/h6-7,9-11,13-14,18,23-24H,2-5,8,12,15-17H2,1H3,(H,38,39)/t23-,24-/m0/s1. The average molecular weight is 584 g/mol. The third-order valence-electron chi connectivity index (χ3n) is 8.20. The van der Waals surface area contributed by atoms with E-state index in [2.05, 4.69) is 31.7 Å². The molecule has 0 amide bonds. The van der Waals surface area contributed by atoms with Crippen molar-refractivity contribution >= 4 is 35.1 Å². The predicted octanol–water partition coefficient (Wildman–Crippen LogP) is 5.22. The van der Waals surface area contributed by atoms with Gasteiger partial charge in [-0.15, -0.1) is 0 Å². The molecule has 1 aromatic carbocycles. The van der Waals surface area contributed by atoms with Crippen LogP contribution in [-0.4, -0.2) is 81.1 Å². The van der Waals surface area contributed by atoms with Crippen LogP contribution in [0.15, 0.2) is 42.7 Å². The number of carboxylic acids is 1. The maximum atomic E-state index is 11.1. The molecule has 9 nitrogen and oxygen atoms in total. The lowest BCUT2D eigenvalue weighted by Gasteiger charge is -2.31. The summed E-state index contributed by atoms with van der Waals surface area (Å²) < 4.78 is 6.18. The van der Waals surface area contributed by atoms with Crippen LogP contribution in [-0.2, 0) is 11.3 Å². The van der Waals surface area contributed by atoms with Crippen LogP contribution in [0.2, 0.25) is 10.0 Å².